The zero-order valence-electron chi connectivity index (χ0n) is 14.3. The van der Waals surface area contributed by atoms with Crippen LogP contribution in [0.5, 0.6) is 0 Å². The summed E-state index contributed by atoms with van der Waals surface area (Å²) in [6.45, 7) is 3.38. The van der Waals surface area contributed by atoms with Crippen molar-refractivity contribution < 1.29 is 10.2 Å². The minimum Gasteiger partial charge on any atom is -0.393 e. The van der Waals surface area contributed by atoms with Crippen molar-refractivity contribution >= 4 is 0 Å². The lowest BCUT2D eigenvalue weighted by molar-refractivity contribution is -0.204. The molecule has 4 aliphatic carbocycles. The van der Waals surface area contributed by atoms with Crippen LogP contribution >= 0.6 is 0 Å². The molecular formula is C19H33NO2. The van der Waals surface area contributed by atoms with Gasteiger partial charge in [0.15, 0.2) is 0 Å². The summed E-state index contributed by atoms with van der Waals surface area (Å²) >= 11 is 0. The molecule has 22 heavy (non-hydrogen) atoms. The Morgan fingerprint density at radius 3 is 2.73 bits per heavy atom. The highest BCUT2D eigenvalue weighted by atomic mass is 16.3. The number of rotatable bonds is 2. The maximum atomic E-state index is 11.4. The van der Waals surface area contributed by atoms with Gasteiger partial charge in [0.25, 0.3) is 0 Å². The fraction of sp³-hybridized carbons (Fsp3) is 1.00. The third-order valence-electron chi connectivity index (χ3n) is 8.09. The predicted molar refractivity (Wildman–Crippen MR) is 87.4 cm³/mol. The van der Waals surface area contributed by atoms with E-state index in [-0.39, 0.29) is 11.5 Å². The Morgan fingerprint density at radius 2 is 1.95 bits per heavy atom. The van der Waals surface area contributed by atoms with Gasteiger partial charge in [-0.3, -0.25) is 0 Å². The van der Waals surface area contributed by atoms with E-state index in [1.54, 1.807) is 0 Å². The molecule has 0 radical (unpaired) electrons. The number of aliphatic hydroxyl groups excluding tert-OH is 1. The van der Waals surface area contributed by atoms with Crippen LogP contribution in [0.2, 0.25) is 0 Å². The number of fused-ring (bicyclic) bond motifs is 5. The summed E-state index contributed by atoms with van der Waals surface area (Å²) < 4.78 is 0. The molecule has 0 unspecified atom stereocenters. The van der Waals surface area contributed by atoms with Crippen molar-refractivity contribution in [3.63, 3.8) is 0 Å². The molecule has 0 amide bonds. The van der Waals surface area contributed by atoms with Gasteiger partial charge in [-0.25, -0.2) is 0 Å². The van der Waals surface area contributed by atoms with E-state index in [0.29, 0.717) is 23.2 Å². The second-order valence-corrected chi connectivity index (χ2v) is 9.43. The maximum Gasteiger partial charge on any atom is 0.0685 e. The SMILES string of the molecule is CNC[C@H]1CCC[C@@]12C[C@@H]1[C@H]2[C@H](O)C[C@]2(C)CCC[C@@]1(O)C2. The summed E-state index contributed by atoms with van der Waals surface area (Å²) in [5, 5.41) is 25.9. The first kappa shape index (κ1) is 15.4. The van der Waals surface area contributed by atoms with Crippen molar-refractivity contribution in [3.05, 3.63) is 0 Å². The summed E-state index contributed by atoms with van der Waals surface area (Å²) in [6, 6.07) is 0. The normalized spacial score (nSPS) is 57.3. The highest BCUT2D eigenvalue weighted by Gasteiger charge is 2.68. The number of hydrogen-bond acceptors (Lipinski definition) is 3. The summed E-state index contributed by atoms with van der Waals surface area (Å²) in [5.74, 6) is 1.39. The highest BCUT2D eigenvalue weighted by molar-refractivity contribution is 5.18. The number of nitrogens with one attached hydrogen (secondary N) is 1. The molecule has 2 bridgehead atoms. The Labute approximate surface area is 134 Å². The van der Waals surface area contributed by atoms with E-state index in [4.69, 9.17) is 0 Å². The Bertz CT molecular complexity index is 455. The molecule has 0 aromatic heterocycles. The van der Waals surface area contributed by atoms with Crippen LogP contribution in [0.3, 0.4) is 0 Å². The Hall–Kier alpha value is -0.120. The van der Waals surface area contributed by atoms with Crippen molar-refractivity contribution in [2.45, 2.75) is 76.4 Å². The summed E-state index contributed by atoms with van der Waals surface area (Å²) in [6.07, 6.45) is 9.93. The zero-order chi connectivity index (χ0) is 15.6. The molecule has 4 saturated carbocycles. The Balaban J connectivity index is 1.67. The van der Waals surface area contributed by atoms with Crippen LogP contribution in [-0.4, -0.2) is 35.5 Å². The van der Waals surface area contributed by atoms with Crippen molar-refractivity contribution in [2.75, 3.05) is 13.6 Å². The van der Waals surface area contributed by atoms with Crippen LogP contribution in [0.25, 0.3) is 0 Å². The molecule has 0 saturated heterocycles. The number of aliphatic hydroxyl groups is 2. The topological polar surface area (TPSA) is 52.5 Å². The van der Waals surface area contributed by atoms with Gasteiger partial charge in [0.05, 0.1) is 11.7 Å². The quantitative estimate of drug-likeness (QED) is 0.735. The fourth-order valence-electron chi connectivity index (χ4n) is 7.38. The Kier molecular flexibility index (Phi) is 3.46. The van der Waals surface area contributed by atoms with Crippen LogP contribution in [-0.2, 0) is 0 Å². The standard InChI is InChI=1S/C19H33NO2/c1-17-6-4-8-19(22,12-17)14-9-18(16(14)15(21)10-17)7-3-5-13(18)11-20-2/h13-16,20-22H,3-12H2,1-2H3/t13-,14-,15-,16+,17+,18-,19-/m1/s1. The molecule has 3 nitrogen and oxygen atoms in total. The molecule has 126 valence electrons. The molecular weight excluding hydrogens is 274 g/mol. The molecule has 7 atom stereocenters. The number of hydrogen-bond donors (Lipinski definition) is 3. The minimum absolute atomic E-state index is 0.155. The van der Waals surface area contributed by atoms with Crippen LogP contribution in [0.1, 0.15) is 64.7 Å². The van der Waals surface area contributed by atoms with Crippen molar-refractivity contribution in [2.24, 2.45) is 28.6 Å². The molecule has 4 fully saturated rings. The third kappa shape index (κ3) is 1.98. The lowest BCUT2D eigenvalue weighted by atomic mass is 9.44. The van der Waals surface area contributed by atoms with E-state index in [0.717, 1.165) is 38.6 Å². The summed E-state index contributed by atoms with van der Waals surface area (Å²) in [7, 11) is 2.05. The van der Waals surface area contributed by atoms with Crippen LogP contribution in [0, 0.1) is 28.6 Å². The van der Waals surface area contributed by atoms with Gasteiger partial charge in [-0.1, -0.05) is 19.8 Å². The van der Waals surface area contributed by atoms with Gasteiger partial charge in [-0.05, 0) is 87.1 Å². The molecule has 1 spiro atoms. The average Bonchev–Trinajstić information content (AvgIpc) is 2.78. The van der Waals surface area contributed by atoms with E-state index in [1.807, 2.05) is 7.05 Å². The first-order chi connectivity index (χ1) is 10.4. The van der Waals surface area contributed by atoms with Crippen LogP contribution in [0.15, 0.2) is 0 Å². The molecule has 3 N–H and O–H groups in total. The Morgan fingerprint density at radius 1 is 1.14 bits per heavy atom. The van der Waals surface area contributed by atoms with E-state index in [2.05, 4.69) is 12.2 Å². The molecule has 0 aromatic carbocycles. The lowest BCUT2D eigenvalue weighted by Gasteiger charge is -2.62. The summed E-state index contributed by atoms with van der Waals surface area (Å²) in [5.41, 5.74) is -0.0219. The van der Waals surface area contributed by atoms with Gasteiger partial charge in [-0.2, -0.15) is 0 Å². The summed E-state index contributed by atoms with van der Waals surface area (Å²) in [4.78, 5) is 0. The first-order valence-electron chi connectivity index (χ1n) is 9.48. The van der Waals surface area contributed by atoms with Gasteiger partial charge < -0.3 is 15.5 Å². The van der Waals surface area contributed by atoms with Gasteiger partial charge in [-0.15, -0.1) is 0 Å². The monoisotopic (exact) mass is 307 g/mol. The van der Waals surface area contributed by atoms with E-state index < -0.39 is 5.60 Å². The second kappa shape index (κ2) is 4.94. The van der Waals surface area contributed by atoms with Gasteiger partial charge >= 0.3 is 0 Å². The molecule has 0 aliphatic heterocycles. The zero-order valence-corrected chi connectivity index (χ0v) is 14.3. The molecule has 0 aromatic rings. The fourth-order valence-corrected chi connectivity index (χ4v) is 7.38. The van der Waals surface area contributed by atoms with Crippen molar-refractivity contribution in [3.8, 4) is 0 Å². The average molecular weight is 307 g/mol. The van der Waals surface area contributed by atoms with Crippen molar-refractivity contribution in [1.82, 2.24) is 5.32 Å². The van der Waals surface area contributed by atoms with Crippen molar-refractivity contribution in [1.29, 1.82) is 0 Å². The van der Waals surface area contributed by atoms with Crippen LogP contribution in [0.4, 0.5) is 0 Å². The lowest BCUT2D eigenvalue weighted by Crippen LogP contribution is -2.62. The minimum atomic E-state index is -0.493. The molecule has 3 heteroatoms. The van der Waals surface area contributed by atoms with E-state index in [9.17, 15) is 10.2 Å². The molecule has 4 aliphatic rings. The highest BCUT2D eigenvalue weighted by Crippen LogP contribution is 2.70. The first-order valence-corrected chi connectivity index (χ1v) is 9.48. The van der Waals surface area contributed by atoms with Gasteiger partial charge in [0, 0.05) is 0 Å². The second-order valence-electron chi connectivity index (χ2n) is 9.43. The predicted octanol–water partition coefficient (Wildman–Crippen LogP) is 2.70. The molecule has 4 rings (SSSR count). The third-order valence-corrected chi connectivity index (χ3v) is 8.09. The maximum absolute atomic E-state index is 11.4. The van der Waals surface area contributed by atoms with Crippen LogP contribution < -0.4 is 5.32 Å². The van der Waals surface area contributed by atoms with E-state index >= 15 is 0 Å². The largest absolute Gasteiger partial charge is 0.393 e. The van der Waals surface area contributed by atoms with Gasteiger partial charge in [0.1, 0.15) is 0 Å². The van der Waals surface area contributed by atoms with Gasteiger partial charge in [0.2, 0.25) is 0 Å². The molecule has 0 heterocycles. The smallest absolute Gasteiger partial charge is 0.0685 e. The van der Waals surface area contributed by atoms with E-state index in [1.165, 1.54) is 25.7 Å².